The van der Waals surface area contributed by atoms with E-state index in [0.717, 1.165) is 11.3 Å². The van der Waals surface area contributed by atoms with E-state index in [2.05, 4.69) is 15.0 Å². The largest absolute Gasteiger partial charge is 0.465 e. The maximum absolute atomic E-state index is 12.8. The summed E-state index contributed by atoms with van der Waals surface area (Å²) in [5.74, 6) is -1.20. The zero-order chi connectivity index (χ0) is 21.2. The average molecular weight is 460 g/mol. The summed E-state index contributed by atoms with van der Waals surface area (Å²) < 4.78 is 36.8. The second kappa shape index (κ2) is 8.76. The van der Waals surface area contributed by atoms with Crippen LogP contribution in [-0.4, -0.2) is 63.0 Å². The molecule has 0 unspecified atom stereocenters. The minimum absolute atomic E-state index is 0.0199. The van der Waals surface area contributed by atoms with Crippen molar-refractivity contribution in [2.24, 2.45) is 0 Å². The van der Waals surface area contributed by atoms with Crippen molar-refractivity contribution in [3.05, 3.63) is 39.4 Å². The summed E-state index contributed by atoms with van der Waals surface area (Å²) in [6, 6.07) is 3.94. The van der Waals surface area contributed by atoms with Crippen molar-refractivity contribution in [1.82, 2.24) is 9.29 Å². The third-order valence-electron chi connectivity index (χ3n) is 4.18. The minimum atomic E-state index is -3.78. The fourth-order valence-corrected chi connectivity index (χ4v) is 5.19. The number of esters is 1. The summed E-state index contributed by atoms with van der Waals surface area (Å²) in [4.78, 5) is 28.7. The van der Waals surface area contributed by atoms with Crippen LogP contribution in [0, 0.1) is 6.92 Å². The van der Waals surface area contributed by atoms with Crippen LogP contribution in [0.4, 0.5) is 5.13 Å². The van der Waals surface area contributed by atoms with Gasteiger partial charge in [0.2, 0.25) is 10.0 Å². The maximum atomic E-state index is 12.8. The van der Waals surface area contributed by atoms with Crippen LogP contribution in [0.3, 0.4) is 0 Å². The number of rotatable bonds is 5. The molecule has 0 saturated carbocycles. The number of thiazole rings is 1. The van der Waals surface area contributed by atoms with Crippen LogP contribution in [-0.2, 0) is 19.5 Å². The van der Waals surface area contributed by atoms with Gasteiger partial charge in [-0.3, -0.25) is 10.1 Å². The molecular formula is C17H18ClN3O6S2. The van der Waals surface area contributed by atoms with Gasteiger partial charge in [-0.05, 0) is 25.1 Å². The zero-order valence-corrected chi connectivity index (χ0v) is 18.0. The van der Waals surface area contributed by atoms with Crippen molar-refractivity contribution in [2.75, 3.05) is 38.7 Å². The van der Waals surface area contributed by atoms with Gasteiger partial charge in [0.05, 0.1) is 41.5 Å². The van der Waals surface area contributed by atoms with Crippen molar-refractivity contribution in [3.63, 3.8) is 0 Å². The Morgan fingerprint density at radius 3 is 2.66 bits per heavy atom. The molecule has 1 amide bonds. The first kappa shape index (κ1) is 21.7. The van der Waals surface area contributed by atoms with E-state index in [4.69, 9.17) is 16.3 Å². The molecule has 1 saturated heterocycles. The lowest BCUT2D eigenvalue weighted by molar-refractivity contribution is 0.0605. The number of ether oxygens (including phenoxy) is 2. The standard InChI is InChI=1S/C17H18ClN3O6S2/c1-10-14(16(23)26-2)28-17(19-10)20-15(22)12-9-11(3-4-13(12)18)29(24,25)21-5-7-27-8-6-21/h3-4,9H,5-8H2,1-2H3,(H,19,20,22). The lowest BCUT2D eigenvalue weighted by atomic mass is 10.2. The lowest BCUT2D eigenvalue weighted by Gasteiger charge is -2.26. The van der Waals surface area contributed by atoms with Crippen molar-refractivity contribution < 1.29 is 27.5 Å². The summed E-state index contributed by atoms with van der Waals surface area (Å²) >= 11 is 7.07. The fourth-order valence-electron chi connectivity index (χ4n) is 2.67. The van der Waals surface area contributed by atoms with E-state index in [-0.39, 0.29) is 38.6 Å². The van der Waals surface area contributed by atoms with Crippen LogP contribution in [0.5, 0.6) is 0 Å². The van der Waals surface area contributed by atoms with Gasteiger partial charge in [-0.15, -0.1) is 0 Å². The molecule has 1 aromatic carbocycles. The van der Waals surface area contributed by atoms with Gasteiger partial charge in [-0.25, -0.2) is 18.2 Å². The normalized spacial score (nSPS) is 15.1. The number of sulfonamides is 1. The summed E-state index contributed by atoms with van der Waals surface area (Å²) in [6.07, 6.45) is 0. The minimum Gasteiger partial charge on any atom is -0.465 e. The second-order valence-corrected chi connectivity index (χ2v) is 9.38. The van der Waals surface area contributed by atoms with Gasteiger partial charge in [0.15, 0.2) is 5.13 Å². The fraction of sp³-hybridized carbons (Fsp3) is 0.353. The van der Waals surface area contributed by atoms with Gasteiger partial charge < -0.3 is 9.47 Å². The number of hydrogen-bond acceptors (Lipinski definition) is 8. The number of anilines is 1. The molecule has 1 aromatic heterocycles. The number of aromatic nitrogens is 1. The smallest absolute Gasteiger partial charge is 0.350 e. The van der Waals surface area contributed by atoms with Crippen LogP contribution < -0.4 is 5.32 Å². The molecule has 1 aliphatic rings. The molecule has 2 heterocycles. The first-order chi connectivity index (χ1) is 13.7. The highest BCUT2D eigenvalue weighted by molar-refractivity contribution is 7.89. The SMILES string of the molecule is COC(=O)c1sc(NC(=O)c2cc(S(=O)(=O)N3CCOCC3)ccc2Cl)nc1C. The molecule has 1 N–H and O–H groups in total. The van der Waals surface area contributed by atoms with E-state index >= 15 is 0 Å². The second-order valence-electron chi connectivity index (χ2n) is 6.04. The molecule has 156 valence electrons. The number of carbonyl (C=O) groups excluding carboxylic acids is 2. The number of nitrogens with one attached hydrogen (secondary N) is 1. The predicted octanol–water partition coefficient (Wildman–Crippen LogP) is 2.16. The molecule has 0 bridgehead atoms. The van der Waals surface area contributed by atoms with Crippen LogP contribution in [0.2, 0.25) is 5.02 Å². The first-order valence-electron chi connectivity index (χ1n) is 8.48. The Labute approximate surface area is 176 Å². The zero-order valence-electron chi connectivity index (χ0n) is 15.6. The Kier molecular flexibility index (Phi) is 6.54. The Morgan fingerprint density at radius 2 is 2.00 bits per heavy atom. The molecule has 1 aliphatic heterocycles. The summed E-state index contributed by atoms with van der Waals surface area (Å²) in [5, 5.41) is 2.80. The third-order valence-corrected chi connectivity index (χ3v) is 7.46. The van der Waals surface area contributed by atoms with Gasteiger partial charge in [0.1, 0.15) is 4.88 Å². The quantitative estimate of drug-likeness (QED) is 0.681. The van der Waals surface area contributed by atoms with Gasteiger partial charge in [0, 0.05) is 13.1 Å². The Morgan fingerprint density at radius 1 is 1.31 bits per heavy atom. The van der Waals surface area contributed by atoms with E-state index in [1.807, 2.05) is 0 Å². The number of aryl methyl sites for hydroxylation is 1. The molecule has 29 heavy (non-hydrogen) atoms. The number of hydrogen-bond donors (Lipinski definition) is 1. The number of nitrogens with zero attached hydrogens (tertiary/aromatic N) is 2. The highest BCUT2D eigenvalue weighted by Crippen LogP contribution is 2.27. The number of carbonyl (C=O) groups is 2. The van der Waals surface area contributed by atoms with E-state index in [1.54, 1.807) is 6.92 Å². The van der Waals surface area contributed by atoms with Gasteiger partial charge >= 0.3 is 5.97 Å². The Balaban J connectivity index is 1.86. The van der Waals surface area contributed by atoms with Crippen molar-refractivity contribution in [3.8, 4) is 0 Å². The Bertz CT molecular complexity index is 1050. The van der Waals surface area contributed by atoms with E-state index in [1.165, 1.54) is 29.6 Å². The molecule has 0 aliphatic carbocycles. The van der Waals surface area contributed by atoms with Gasteiger partial charge in [-0.2, -0.15) is 4.31 Å². The van der Waals surface area contributed by atoms with Gasteiger partial charge in [-0.1, -0.05) is 22.9 Å². The number of methoxy groups -OCH3 is 1. The van der Waals surface area contributed by atoms with Gasteiger partial charge in [0.25, 0.3) is 5.91 Å². The van der Waals surface area contributed by atoms with Crippen molar-refractivity contribution in [1.29, 1.82) is 0 Å². The highest BCUT2D eigenvalue weighted by Gasteiger charge is 2.28. The molecule has 12 heteroatoms. The van der Waals surface area contributed by atoms with E-state index < -0.39 is 21.9 Å². The highest BCUT2D eigenvalue weighted by atomic mass is 35.5. The number of halogens is 1. The molecule has 3 rings (SSSR count). The summed E-state index contributed by atoms with van der Waals surface area (Å²) in [6.45, 7) is 2.71. The number of amides is 1. The maximum Gasteiger partial charge on any atom is 0.350 e. The summed E-state index contributed by atoms with van der Waals surface area (Å²) in [5.41, 5.74) is 0.389. The number of benzene rings is 1. The summed E-state index contributed by atoms with van der Waals surface area (Å²) in [7, 11) is -2.53. The predicted molar refractivity (Wildman–Crippen MR) is 107 cm³/mol. The molecular weight excluding hydrogens is 442 g/mol. The molecule has 2 aromatic rings. The van der Waals surface area contributed by atoms with Crippen LogP contribution in [0.1, 0.15) is 25.7 Å². The van der Waals surface area contributed by atoms with Crippen LogP contribution in [0.15, 0.2) is 23.1 Å². The van der Waals surface area contributed by atoms with Crippen molar-refractivity contribution >= 4 is 50.0 Å². The van der Waals surface area contributed by atoms with Crippen LogP contribution >= 0.6 is 22.9 Å². The molecule has 0 atom stereocenters. The monoisotopic (exact) mass is 459 g/mol. The van der Waals surface area contributed by atoms with Crippen LogP contribution in [0.25, 0.3) is 0 Å². The molecule has 0 spiro atoms. The third kappa shape index (κ3) is 4.59. The average Bonchev–Trinajstić information content (AvgIpc) is 3.08. The molecule has 9 nitrogen and oxygen atoms in total. The van der Waals surface area contributed by atoms with Crippen molar-refractivity contribution in [2.45, 2.75) is 11.8 Å². The van der Waals surface area contributed by atoms with E-state index in [0.29, 0.717) is 18.9 Å². The van der Waals surface area contributed by atoms with E-state index in [9.17, 15) is 18.0 Å². The molecule has 1 fully saturated rings. The topological polar surface area (TPSA) is 115 Å². The first-order valence-corrected chi connectivity index (χ1v) is 11.1. The lowest BCUT2D eigenvalue weighted by Crippen LogP contribution is -2.40. The number of morpholine rings is 1. The molecule has 0 radical (unpaired) electrons. The Hall–Kier alpha value is -2.05.